The van der Waals surface area contributed by atoms with Gasteiger partial charge >= 0.3 is 6.18 Å². The van der Waals surface area contributed by atoms with Gasteiger partial charge in [0.2, 0.25) is 17.7 Å². The Labute approximate surface area is 425 Å². The first-order chi connectivity index (χ1) is 34.1. The summed E-state index contributed by atoms with van der Waals surface area (Å²) in [6.45, 7) is 11.7. The van der Waals surface area contributed by atoms with E-state index in [-0.39, 0.29) is 68.4 Å². The molecular formula is C53H56F3N7O7S2. The van der Waals surface area contributed by atoms with E-state index in [1.165, 1.54) is 11.0 Å². The highest BCUT2D eigenvalue weighted by atomic mass is 32.1. The van der Waals surface area contributed by atoms with Crippen molar-refractivity contribution >= 4 is 63.7 Å². The van der Waals surface area contributed by atoms with Crippen LogP contribution >= 0.6 is 23.6 Å². The maximum absolute atomic E-state index is 14.0. The number of nitrogens with one attached hydrogen (secondary N) is 2. The Morgan fingerprint density at radius 1 is 0.944 bits per heavy atom. The van der Waals surface area contributed by atoms with Gasteiger partial charge in [-0.1, -0.05) is 69.3 Å². The molecular weight excluding hydrogens is 968 g/mol. The van der Waals surface area contributed by atoms with E-state index in [9.17, 15) is 42.7 Å². The molecule has 3 heterocycles. The number of hydrogen-bond acceptors (Lipinski definition) is 11. The summed E-state index contributed by atoms with van der Waals surface area (Å²) in [6.07, 6.45) is -5.12. The fourth-order valence-electron chi connectivity index (χ4n) is 8.67. The standard InChI is InChI=1S/C53H56F3N7O7S2/c1-32-45(72-31-59-32)36-11-9-33(10-12-36)29-58-47(66)43-27-40(64)30-61(43)48(67)46(51(2,3)4)60-44(65)8-7-23-69-24-25-70-41-21-16-35(17-22-41)34-13-18-38(19-14-34)63-50(71)62(49(68)52(63,5)6)39-20-15-37(28-57)42(26-39)53(54,55)56/h9-22,26,31,40,43,46,64H,7-8,23-25,27,29-30H2,1-6H3,(H,58,66)(H,60,65)/t40-,43+,46-/m1/s1. The van der Waals surface area contributed by atoms with Gasteiger partial charge in [-0.05, 0) is 110 Å². The molecule has 7 rings (SSSR count). The van der Waals surface area contributed by atoms with Crippen molar-refractivity contribution in [2.24, 2.45) is 5.41 Å². The van der Waals surface area contributed by atoms with Crippen LogP contribution in [0.2, 0.25) is 0 Å². The third kappa shape index (κ3) is 12.0. The number of nitriles is 1. The molecule has 0 radical (unpaired) electrons. The van der Waals surface area contributed by atoms with Crippen LogP contribution in [0.1, 0.15) is 76.3 Å². The summed E-state index contributed by atoms with van der Waals surface area (Å²) in [5, 5.41) is 25.6. The van der Waals surface area contributed by atoms with Gasteiger partial charge in [0, 0.05) is 38.2 Å². The lowest BCUT2D eigenvalue weighted by Crippen LogP contribution is -2.57. The molecule has 72 heavy (non-hydrogen) atoms. The van der Waals surface area contributed by atoms with Crippen LogP contribution in [-0.4, -0.2) is 93.8 Å². The smallest absolute Gasteiger partial charge is 0.417 e. The van der Waals surface area contributed by atoms with Crippen molar-refractivity contribution in [1.29, 1.82) is 5.26 Å². The van der Waals surface area contributed by atoms with E-state index in [0.717, 1.165) is 49.9 Å². The van der Waals surface area contributed by atoms with Gasteiger partial charge < -0.3 is 35.0 Å². The molecule has 4 aromatic carbocycles. The van der Waals surface area contributed by atoms with Crippen molar-refractivity contribution in [3.63, 3.8) is 0 Å². The first-order valence-corrected chi connectivity index (χ1v) is 24.6. The highest BCUT2D eigenvalue weighted by molar-refractivity contribution is 7.81. The number of β-amino-alcohol motifs (C(OH)–C–C–N with tert-alkyl or cyclic N) is 1. The Bertz CT molecular complexity index is 2840. The second kappa shape index (κ2) is 22.0. The Hall–Kier alpha value is -6.72. The molecule has 0 bridgehead atoms. The lowest BCUT2D eigenvalue weighted by Gasteiger charge is -2.35. The zero-order chi connectivity index (χ0) is 52.1. The highest BCUT2D eigenvalue weighted by Gasteiger charge is 2.51. The average Bonchev–Trinajstić information content (AvgIpc) is 4.01. The van der Waals surface area contributed by atoms with Crippen molar-refractivity contribution in [2.45, 2.75) is 97.3 Å². The van der Waals surface area contributed by atoms with Gasteiger partial charge in [0.25, 0.3) is 5.91 Å². The van der Waals surface area contributed by atoms with Crippen LogP contribution in [-0.2, 0) is 36.6 Å². The summed E-state index contributed by atoms with van der Waals surface area (Å²) in [5.41, 5.74) is 3.23. The number of amides is 4. The number of aliphatic hydroxyl groups is 1. The number of aromatic nitrogens is 1. The fraction of sp³-hybridized carbons (Fsp3) is 0.377. The summed E-state index contributed by atoms with van der Waals surface area (Å²) in [6, 6.07) is 25.2. The van der Waals surface area contributed by atoms with Crippen molar-refractivity contribution in [3.05, 3.63) is 119 Å². The van der Waals surface area contributed by atoms with Crippen LogP contribution in [0.3, 0.4) is 0 Å². The quantitative estimate of drug-likeness (QED) is 0.0601. The second-order valence-corrected chi connectivity index (χ2v) is 20.5. The summed E-state index contributed by atoms with van der Waals surface area (Å²) < 4.78 is 52.9. The van der Waals surface area contributed by atoms with Gasteiger partial charge in [-0.3, -0.25) is 24.1 Å². The first-order valence-electron chi connectivity index (χ1n) is 23.3. The topological polar surface area (TPSA) is 177 Å². The number of carbonyl (C=O) groups excluding carboxylic acids is 4. The lowest BCUT2D eigenvalue weighted by molar-refractivity contribution is -0.144. The summed E-state index contributed by atoms with van der Waals surface area (Å²) >= 11 is 7.23. The molecule has 0 saturated carbocycles. The Morgan fingerprint density at radius 3 is 2.19 bits per heavy atom. The fourth-order valence-corrected chi connectivity index (χ4v) is 10.0. The van der Waals surface area contributed by atoms with E-state index in [0.29, 0.717) is 17.9 Å². The maximum Gasteiger partial charge on any atom is 0.417 e. The molecule has 1 aromatic heterocycles. The molecule has 5 aromatic rings. The minimum Gasteiger partial charge on any atom is -0.491 e. The SMILES string of the molecule is Cc1ncsc1-c1ccc(CNC(=O)[C@@H]2C[C@@H](O)CN2C(=O)[C@@H](NC(=O)CCCOCCOc2ccc(-c3ccc(N4C(=S)N(c5ccc(C#N)c(C(F)(F)F)c5)C(=O)C4(C)C)cc3)cc2)C(C)(C)C)cc1. The van der Waals surface area contributed by atoms with Gasteiger partial charge in [-0.25, -0.2) is 4.98 Å². The Balaban J connectivity index is 0.841. The molecule has 3 atom stereocenters. The number of ether oxygens (including phenoxy) is 2. The number of aryl methyl sites for hydroxylation is 1. The van der Waals surface area contributed by atoms with Crippen molar-refractivity contribution in [3.8, 4) is 33.4 Å². The zero-order valence-electron chi connectivity index (χ0n) is 40.7. The van der Waals surface area contributed by atoms with Gasteiger partial charge in [0.05, 0.1) is 51.7 Å². The average molecular weight is 1020 g/mol. The zero-order valence-corrected chi connectivity index (χ0v) is 42.3. The van der Waals surface area contributed by atoms with Gasteiger partial charge in [0.15, 0.2) is 5.11 Å². The van der Waals surface area contributed by atoms with Crippen LogP contribution in [0, 0.1) is 23.7 Å². The number of thiocarbonyl (C=S) groups is 1. The predicted molar refractivity (Wildman–Crippen MR) is 272 cm³/mol. The van der Waals surface area contributed by atoms with Gasteiger partial charge in [-0.15, -0.1) is 11.3 Å². The molecule has 0 spiro atoms. The molecule has 4 amide bonds. The number of alkyl halides is 3. The van der Waals surface area contributed by atoms with Crippen LogP contribution < -0.4 is 25.2 Å². The molecule has 0 unspecified atom stereocenters. The number of hydrogen-bond donors (Lipinski definition) is 3. The normalized spacial score (nSPS) is 17.2. The number of thiazole rings is 1. The number of nitrogens with zero attached hydrogens (tertiary/aromatic N) is 5. The van der Waals surface area contributed by atoms with Crippen molar-refractivity contribution in [1.82, 2.24) is 20.5 Å². The number of carbonyl (C=O) groups is 4. The van der Waals surface area contributed by atoms with E-state index in [1.54, 1.807) is 53.8 Å². The van der Waals surface area contributed by atoms with Gasteiger partial charge in [0.1, 0.15) is 30.0 Å². The number of halogens is 3. The van der Waals surface area contributed by atoms with Crippen LogP contribution in [0.25, 0.3) is 21.6 Å². The minimum atomic E-state index is -4.81. The largest absolute Gasteiger partial charge is 0.491 e. The Kier molecular flexibility index (Phi) is 16.2. The van der Waals surface area contributed by atoms with Crippen LogP contribution in [0.15, 0.2) is 96.5 Å². The molecule has 19 heteroatoms. The van der Waals surface area contributed by atoms with Crippen LogP contribution in [0.4, 0.5) is 24.5 Å². The predicted octanol–water partition coefficient (Wildman–Crippen LogP) is 8.58. The van der Waals surface area contributed by atoms with E-state index >= 15 is 0 Å². The van der Waals surface area contributed by atoms with Crippen molar-refractivity contribution in [2.75, 3.05) is 36.2 Å². The van der Waals surface area contributed by atoms with E-state index in [4.69, 9.17) is 21.7 Å². The third-order valence-electron chi connectivity index (χ3n) is 12.6. The summed E-state index contributed by atoms with van der Waals surface area (Å²) in [5.74, 6) is -1.07. The summed E-state index contributed by atoms with van der Waals surface area (Å²) in [7, 11) is 0. The third-order valence-corrected chi connectivity index (χ3v) is 13.9. The monoisotopic (exact) mass is 1020 g/mol. The molecule has 14 nitrogen and oxygen atoms in total. The molecule has 2 fully saturated rings. The second-order valence-electron chi connectivity index (χ2n) is 19.2. The number of anilines is 2. The molecule has 378 valence electrons. The highest BCUT2D eigenvalue weighted by Crippen LogP contribution is 2.40. The lowest BCUT2D eigenvalue weighted by atomic mass is 9.85. The maximum atomic E-state index is 14.0. The van der Waals surface area contributed by atoms with E-state index < -0.39 is 58.3 Å². The summed E-state index contributed by atoms with van der Waals surface area (Å²) in [4.78, 5) is 63.7. The molecule has 2 aliphatic heterocycles. The van der Waals surface area contributed by atoms with E-state index in [1.807, 2.05) is 88.4 Å². The number of rotatable bonds is 17. The minimum absolute atomic E-state index is 0.000566. The Morgan fingerprint density at radius 2 is 1.58 bits per heavy atom. The van der Waals surface area contributed by atoms with Crippen LogP contribution in [0.5, 0.6) is 5.75 Å². The molecule has 2 saturated heterocycles. The molecule has 0 aliphatic carbocycles. The van der Waals surface area contributed by atoms with Crippen molar-refractivity contribution < 1.29 is 46.9 Å². The van der Waals surface area contributed by atoms with Gasteiger partial charge in [-0.2, -0.15) is 18.4 Å². The number of benzene rings is 4. The van der Waals surface area contributed by atoms with E-state index in [2.05, 4.69) is 15.6 Å². The molecule has 2 aliphatic rings. The number of aliphatic hydroxyl groups excluding tert-OH is 1. The molecule has 3 N–H and O–H groups in total. The number of likely N-dealkylation sites (tertiary alicyclic amines) is 1. The first kappa shape index (κ1) is 53.1.